The maximum atomic E-state index is 14.5. The van der Waals surface area contributed by atoms with E-state index in [0.29, 0.717) is 24.4 Å². The van der Waals surface area contributed by atoms with Crippen molar-refractivity contribution in [3.63, 3.8) is 0 Å². The van der Waals surface area contributed by atoms with Crippen molar-refractivity contribution in [2.75, 3.05) is 33.3 Å². The third kappa shape index (κ3) is 5.65. The van der Waals surface area contributed by atoms with Gasteiger partial charge in [0.25, 0.3) is 5.91 Å². The van der Waals surface area contributed by atoms with Gasteiger partial charge in [-0.25, -0.2) is 4.39 Å². The summed E-state index contributed by atoms with van der Waals surface area (Å²) in [6.07, 6.45) is 0. The molecule has 0 saturated carbocycles. The molecule has 2 aliphatic heterocycles. The molecule has 7 heteroatoms. The molecule has 1 fully saturated rings. The molecule has 6 nitrogen and oxygen atoms in total. The zero-order valence-corrected chi connectivity index (χ0v) is 23.7. The SMILES string of the molecule is COc1ccc([C@H]2[C@@H](C(=O)N3CCN(Cc4ccccc4)CC3)c3ccccc3C(=O)N2Cc2ccc(F)cc2)cc1. The first-order valence-electron chi connectivity index (χ1n) is 14.3. The summed E-state index contributed by atoms with van der Waals surface area (Å²) in [4.78, 5) is 34.7. The minimum absolute atomic E-state index is 0.0132. The van der Waals surface area contributed by atoms with Crippen LogP contribution in [-0.4, -0.2) is 59.8 Å². The molecule has 4 aromatic carbocycles. The molecule has 0 unspecified atom stereocenters. The van der Waals surface area contributed by atoms with Crippen molar-refractivity contribution in [2.24, 2.45) is 0 Å². The Morgan fingerprint density at radius 1 is 0.786 bits per heavy atom. The fourth-order valence-corrected chi connectivity index (χ4v) is 6.16. The topological polar surface area (TPSA) is 53.1 Å². The Bertz CT molecular complexity index is 1530. The van der Waals surface area contributed by atoms with Gasteiger partial charge in [0.2, 0.25) is 5.91 Å². The highest BCUT2D eigenvalue weighted by atomic mass is 19.1. The molecule has 4 aromatic rings. The zero-order chi connectivity index (χ0) is 29.1. The molecule has 6 rings (SSSR count). The number of carbonyl (C=O) groups excluding carboxylic acids is 2. The number of rotatable bonds is 7. The largest absolute Gasteiger partial charge is 0.497 e. The molecule has 0 spiro atoms. The number of amides is 2. The average molecular weight is 564 g/mol. The van der Waals surface area contributed by atoms with Crippen LogP contribution in [0, 0.1) is 5.82 Å². The molecule has 0 aromatic heterocycles. The molecule has 2 amide bonds. The summed E-state index contributed by atoms with van der Waals surface area (Å²) in [6.45, 7) is 3.89. The fraction of sp³-hybridized carbons (Fsp3) is 0.257. The lowest BCUT2D eigenvalue weighted by Gasteiger charge is -2.44. The van der Waals surface area contributed by atoms with Gasteiger partial charge in [-0.15, -0.1) is 0 Å². The number of methoxy groups -OCH3 is 1. The lowest BCUT2D eigenvalue weighted by Crippen LogP contribution is -2.53. The lowest BCUT2D eigenvalue weighted by atomic mass is 9.78. The molecule has 0 aliphatic carbocycles. The molecule has 214 valence electrons. The van der Waals surface area contributed by atoms with Crippen LogP contribution in [-0.2, 0) is 17.9 Å². The van der Waals surface area contributed by atoms with Crippen molar-refractivity contribution in [1.29, 1.82) is 0 Å². The molecule has 0 radical (unpaired) electrons. The lowest BCUT2D eigenvalue weighted by molar-refractivity contribution is -0.136. The molecule has 0 N–H and O–H groups in total. The molecule has 2 aliphatic rings. The van der Waals surface area contributed by atoms with E-state index in [4.69, 9.17) is 4.74 Å². The fourth-order valence-electron chi connectivity index (χ4n) is 6.16. The monoisotopic (exact) mass is 563 g/mol. The third-order valence-corrected chi connectivity index (χ3v) is 8.36. The third-order valence-electron chi connectivity index (χ3n) is 8.36. The van der Waals surface area contributed by atoms with Gasteiger partial charge >= 0.3 is 0 Å². The Morgan fingerprint density at radius 3 is 2.12 bits per heavy atom. The predicted molar refractivity (Wildman–Crippen MR) is 159 cm³/mol. The first-order chi connectivity index (χ1) is 20.5. The average Bonchev–Trinajstić information content (AvgIpc) is 3.04. The summed E-state index contributed by atoms with van der Waals surface area (Å²) in [6, 6.07) is 31.0. The van der Waals surface area contributed by atoms with Crippen LogP contribution in [0.2, 0.25) is 0 Å². The second kappa shape index (κ2) is 12.2. The van der Waals surface area contributed by atoms with Crippen molar-refractivity contribution in [1.82, 2.24) is 14.7 Å². The molecule has 0 bridgehead atoms. The van der Waals surface area contributed by atoms with Gasteiger partial charge in [-0.05, 0) is 52.6 Å². The van der Waals surface area contributed by atoms with Crippen LogP contribution in [0.5, 0.6) is 5.75 Å². The van der Waals surface area contributed by atoms with Crippen LogP contribution < -0.4 is 4.74 Å². The zero-order valence-electron chi connectivity index (χ0n) is 23.7. The van der Waals surface area contributed by atoms with Crippen molar-refractivity contribution < 1.29 is 18.7 Å². The van der Waals surface area contributed by atoms with E-state index in [1.807, 2.05) is 65.6 Å². The summed E-state index contributed by atoms with van der Waals surface area (Å²) in [5.41, 5.74) is 4.18. The minimum Gasteiger partial charge on any atom is -0.497 e. The second-order valence-corrected chi connectivity index (χ2v) is 10.9. The molecule has 42 heavy (non-hydrogen) atoms. The number of halogens is 1. The Morgan fingerprint density at radius 2 is 1.43 bits per heavy atom. The van der Waals surface area contributed by atoms with Crippen LogP contribution in [0.25, 0.3) is 0 Å². The summed E-state index contributed by atoms with van der Waals surface area (Å²) in [7, 11) is 1.61. The standard InChI is InChI=1S/C35H34FN3O3/c1-42-29-17-13-27(14-18-29)33-32(35(41)38-21-19-37(20-22-38)23-25-7-3-2-4-8-25)30-9-5-6-10-31(30)34(40)39(33)24-26-11-15-28(36)16-12-26/h2-18,32-33H,19-24H2,1H3/t32-,33-/m0/s1. The number of benzene rings is 4. The highest BCUT2D eigenvalue weighted by Crippen LogP contribution is 2.45. The summed E-state index contributed by atoms with van der Waals surface area (Å²) in [5, 5.41) is 0. The van der Waals surface area contributed by atoms with Gasteiger partial charge in [-0.2, -0.15) is 0 Å². The van der Waals surface area contributed by atoms with Gasteiger partial charge < -0.3 is 14.5 Å². The van der Waals surface area contributed by atoms with Gasteiger partial charge in [0, 0.05) is 44.8 Å². The van der Waals surface area contributed by atoms with E-state index >= 15 is 0 Å². The van der Waals surface area contributed by atoms with Crippen LogP contribution in [0.1, 0.15) is 44.6 Å². The summed E-state index contributed by atoms with van der Waals surface area (Å²) < 4.78 is 19.1. The number of fused-ring (bicyclic) bond motifs is 1. The van der Waals surface area contributed by atoms with Crippen LogP contribution in [0.15, 0.2) is 103 Å². The Kier molecular flexibility index (Phi) is 8.02. The van der Waals surface area contributed by atoms with E-state index in [2.05, 4.69) is 17.0 Å². The molecule has 2 heterocycles. The van der Waals surface area contributed by atoms with E-state index in [1.165, 1.54) is 17.7 Å². The van der Waals surface area contributed by atoms with Gasteiger partial charge in [0.05, 0.1) is 19.1 Å². The van der Waals surface area contributed by atoms with Crippen molar-refractivity contribution in [2.45, 2.75) is 25.0 Å². The molecule has 2 atom stereocenters. The van der Waals surface area contributed by atoms with Gasteiger partial charge in [-0.1, -0.05) is 72.8 Å². The smallest absolute Gasteiger partial charge is 0.255 e. The normalized spacial score (nSPS) is 19.0. The van der Waals surface area contributed by atoms with Gasteiger partial charge in [0.15, 0.2) is 0 Å². The second-order valence-electron chi connectivity index (χ2n) is 10.9. The first kappa shape index (κ1) is 27.7. The first-order valence-corrected chi connectivity index (χ1v) is 14.3. The van der Waals surface area contributed by atoms with Crippen LogP contribution in [0.4, 0.5) is 4.39 Å². The quantitative estimate of drug-likeness (QED) is 0.291. The number of hydrogen-bond acceptors (Lipinski definition) is 4. The van der Waals surface area contributed by atoms with E-state index in [-0.39, 0.29) is 24.2 Å². The minimum atomic E-state index is -0.589. The number of carbonyl (C=O) groups is 2. The number of hydrogen-bond donors (Lipinski definition) is 0. The Labute approximate surface area is 245 Å². The maximum Gasteiger partial charge on any atom is 0.255 e. The van der Waals surface area contributed by atoms with Gasteiger partial charge in [-0.3, -0.25) is 14.5 Å². The van der Waals surface area contributed by atoms with E-state index in [9.17, 15) is 14.0 Å². The highest BCUT2D eigenvalue weighted by molar-refractivity contribution is 6.01. The molecular formula is C35H34FN3O3. The number of ether oxygens (including phenoxy) is 1. The van der Waals surface area contributed by atoms with Crippen molar-refractivity contribution in [3.05, 3.63) is 137 Å². The van der Waals surface area contributed by atoms with E-state index in [0.717, 1.165) is 36.3 Å². The predicted octanol–water partition coefficient (Wildman–Crippen LogP) is 5.66. The van der Waals surface area contributed by atoms with Crippen molar-refractivity contribution >= 4 is 11.8 Å². The van der Waals surface area contributed by atoms with Crippen LogP contribution in [0.3, 0.4) is 0 Å². The molecular weight excluding hydrogens is 529 g/mol. The van der Waals surface area contributed by atoms with Gasteiger partial charge in [0.1, 0.15) is 11.6 Å². The van der Waals surface area contributed by atoms with E-state index < -0.39 is 12.0 Å². The summed E-state index contributed by atoms with van der Waals surface area (Å²) in [5.74, 6) is -0.357. The Balaban J connectivity index is 1.34. The molecule has 1 saturated heterocycles. The van der Waals surface area contributed by atoms with Crippen LogP contribution >= 0.6 is 0 Å². The Hall–Kier alpha value is -4.49. The highest BCUT2D eigenvalue weighted by Gasteiger charge is 2.45. The van der Waals surface area contributed by atoms with Crippen molar-refractivity contribution in [3.8, 4) is 5.75 Å². The maximum absolute atomic E-state index is 14.5. The number of nitrogens with zero attached hydrogens (tertiary/aromatic N) is 3. The number of piperazine rings is 1. The summed E-state index contributed by atoms with van der Waals surface area (Å²) >= 11 is 0. The van der Waals surface area contributed by atoms with E-state index in [1.54, 1.807) is 30.2 Å².